The molecule has 5 rings (SSSR count). The Hall–Kier alpha value is -3.29. The minimum atomic E-state index is -0.197. The highest BCUT2D eigenvalue weighted by atomic mass is 16.1. The zero-order valence-electron chi connectivity index (χ0n) is 15.6. The van der Waals surface area contributed by atoms with Gasteiger partial charge in [0.2, 0.25) is 5.91 Å². The van der Waals surface area contributed by atoms with Gasteiger partial charge in [-0.25, -0.2) is 9.97 Å². The highest BCUT2D eigenvalue weighted by molar-refractivity contribution is 5.76. The van der Waals surface area contributed by atoms with Crippen LogP contribution in [0.5, 0.6) is 0 Å². The Kier molecular flexibility index (Phi) is 3.85. The number of carbonyl (C=O) groups excluding carboxylic acids is 1. The van der Waals surface area contributed by atoms with Gasteiger partial charge in [0.05, 0.1) is 11.9 Å². The molecule has 8 nitrogen and oxygen atoms in total. The van der Waals surface area contributed by atoms with E-state index in [0.717, 1.165) is 42.7 Å². The number of aromatic nitrogens is 6. The molecule has 0 radical (unpaired) electrons. The zero-order valence-corrected chi connectivity index (χ0v) is 15.6. The molecule has 1 aliphatic rings. The number of fused-ring (bicyclic) bond motifs is 2. The number of hydrogen-bond donors (Lipinski definition) is 1. The third kappa shape index (κ3) is 2.90. The number of nitrogens with zero attached hydrogens (tertiary/aromatic N) is 6. The van der Waals surface area contributed by atoms with Crippen molar-refractivity contribution in [2.75, 3.05) is 0 Å². The lowest BCUT2D eigenvalue weighted by molar-refractivity contribution is -0.121. The van der Waals surface area contributed by atoms with Crippen LogP contribution in [0.25, 0.3) is 22.4 Å². The van der Waals surface area contributed by atoms with Crippen molar-refractivity contribution in [1.82, 2.24) is 29.4 Å². The third-order valence-electron chi connectivity index (χ3n) is 5.61. The quantitative estimate of drug-likeness (QED) is 0.589. The molecule has 4 heterocycles. The second-order valence-electron chi connectivity index (χ2n) is 7.72. The lowest BCUT2D eigenvalue weighted by Gasteiger charge is -2.09. The largest absolute Gasteiger partial charge is 0.369 e. The SMILES string of the molecule is Cc1cc2ccc(-n3nnc4cnc(C[C@@H]5CC[C@@H](C(N)=O)C5)nc43)cn2c1. The van der Waals surface area contributed by atoms with Crippen LogP contribution >= 0.6 is 0 Å². The van der Waals surface area contributed by atoms with Gasteiger partial charge in [-0.1, -0.05) is 5.21 Å². The molecular formula is C20H21N7O. The highest BCUT2D eigenvalue weighted by Crippen LogP contribution is 2.32. The van der Waals surface area contributed by atoms with E-state index < -0.39 is 0 Å². The second-order valence-corrected chi connectivity index (χ2v) is 7.72. The summed E-state index contributed by atoms with van der Waals surface area (Å²) in [5.74, 6) is 0.928. The summed E-state index contributed by atoms with van der Waals surface area (Å²) >= 11 is 0. The lowest BCUT2D eigenvalue weighted by Crippen LogP contribution is -2.21. The summed E-state index contributed by atoms with van der Waals surface area (Å²) in [7, 11) is 0. The van der Waals surface area contributed by atoms with Crippen LogP contribution in [0.4, 0.5) is 0 Å². The number of hydrogen-bond acceptors (Lipinski definition) is 5. The molecule has 1 amide bonds. The van der Waals surface area contributed by atoms with Crippen molar-refractivity contribution >= 4 is 22.6 Å². The molecule has 0 bridgehead atoms. The van der Waals surface area contributed by atoms with Crippen molar-refractivity contribution in [3.8, 4) is 5.69 Å². The Morgan fingerprint density at radius 1 is 1.29 bits per heavy atom. The molecule has 1 fully saturated rings. The fourth-order valence-corrected chi connectivity index (χ4v) is 4.18. The molecule has 2 N–H and O–H groups in total. The first-order valence-electron chi connectivity index (χ1n) is 9.52. The van der Waals surface area contributed by atoms with E-state index in [9.17, 15) is 4.79 Å². The van der Waals surface area contributed by atoms with E-state index >= 15 is 0 Å². The number of primary amides is 1. The van der Waals surface area contributed by atoms with Crippen LogP contribution in [0.3, 0.4) is 0 Å². The summed E-state index contributed by atoms with van der Waals surface area (Å²) in [5, 5.41) is 8.48. The van der Waals surface area contributed by atoms with Crippen LogP contribution in [0.2, 0.25) is 0 Å². The van der Waals surface area contributed by atoms with Crippen LogP contribution in [-0.4, -0.2) is 35.3 Å². The third-order valence-corrected chi connectivity index (χ3v) is 5.61. The summed E-state index contributed by atoms with van der Waals surface area (Å²) in [6.07, 6.45) is 9.22. The maximum absolute atomic E-state index is 11.4. The van der Waals surface area contributed by atoms with Crippen molar-refractivity contribution in [2.45, 2.75) is 32.6 Å². The van der Waals surface area contributed by atoms with Gasteiger partial charge in [0.1, 0.15) is 5.82 Å². The second kappa shape index (κ2) is 6.40. The topological polar surface area (TPSA) is 104 Å². The average molecular weight is 375 g/mol. The van der Waals surface area contributed by atoms with E-state index in [4.69, 9.17) is 10.7 Å². The van der Waals surface area contributed by atoms with Crippen molar-refractivity contribution < 1.29 is 4.79 Å². The fourth-order valence-electron chi connectivity index (χ4n) is 4.18. The molecule has 8 heteroatoms. The van der Waals surface area contributed by atoms with Crippen molar-refractivity contribution in [2.24, 2.45) is 17.6 Å². The summed E-state index contributed by atoms with van der Waals surface area (Å²) < 4.78 is 3.82. The molecule has 0 spiro atoms. The molecule has 2 atom stereocenters. The van der Waals surface area contributed by atoms with Gasteiger partial charge in [-0.15, -0.1) is 5.10 Å². The first-order chi connectivity index (χ1) is 13.6. The first kappa shape index (κ1) is 16.9. The molecule has 4 aromatic rings. The molecule has 142 valence electrons. The maximum Gasteiger partial charge on any atom is 0.220 e. The normalized spacial score (nSPS) is 19.6. The van der Waals surface area contributed by atoms with Gasteiger partial charge in [-0.05, 0) is 55.9 Å². The van der Waals surface area contributed by atoms with E-state index in [1.54, 1.807) is 10.9 Å². The predicted molar refractivity (Wildman–Crippen MR) is 104 cm³/mol. The highest BCUT2D eigenvalue weighted by Gasteiger charge is 2.29. The summed E-state index contributed by atoms with van der Waals surface area (Å²) in [4.78, 5) is 20.6. The number of nitrogens with two attached hydrogens (primary N) is 1. The number of amides is 1. The van der Waals surface area contributed by atoms with Gasteiger partial charge < -0.3 is 10.1 Å². The van der Waals surface area contributed by atoms with E-state index in [-0.39, 0.29) is 11.8 Å². The van der Waals surface area contributed by atoms with Crippen LogP contribution < -0.4 is 5.73 Å². The van der Waals surface area contributed by atoms with Gasteiger partial charge in [0, 0.05) is 30.2 Å². The Morgan fingerprint density at radius 2 is 2.18 bits per heavy atom. The van der Waals surface area contributed by atoms with Crippen molar-refractivity contribution in [3.63, 3.8) is 0 Å². The van der Waals surface area contributed by atoms with E-state index in [0.29, 0.717) is 17.1 Å². The predicted octanol–water partition coefficient (Wildman–Crippen LogP) is 2.22. The monoisotopic (exact) mass is 375 g/mol. The summed E-state index contributed by atoms with van der Waals surface area (Å²) in [6.45, 7) is 2.07. The number of rotatable bonds is 4. The molecule has 0 aromatic carbocycles. The fraction of sp³-hybridized carbons (Fsp3) is 0.350. The average Bonchev–Trinajstić information content (AvgIpc) is 3.38. The first-order valence-corrected chi connectivity index (χ1v) is 9.52. The van der Waals surface area contributed by atoms with Gasteiger partial charge >= 0.3 is 0 Å². The van der Waals surface area contributed by atoms with E-state index in [1.165, 1.54) is 5.56 Å². The van der Waals surface area contributed by atoms with Gasteiger partial charge in [-0.3, -0.25) is 4.79 Å². The van der Waals surface area contributed by atoms with Crippen LogP contribution in [0.1, 0.15) is 30.7 Å². The van der Waals surface area contributed by atoms with E-state index in [2.05, 4.69) is 45.0 Å². The molecule has 0 saturated heterocycles. The Balaban J connectivity index is 1.47. The molecule has 0 unspecified atom stereocenters. The number of aryl methyl sites for hydroxylation is 1. The smallest absolute Gasteiger partial charge is 0.220 e. The molecule has 1 aliphatic carbocycles. The minimum absolute atomic E-state index is 0.0160. The number of carbonyl (C=O) groups is 1. The number of pyridine rings is 1. The molecule has 28 heavy (non-hydrogen) atoms. The van der Waals surface area contributed by atoms with Crippen molar-refractivity contribution in [1.29, 1.82) is 0 Å². The molecule has 4 aromatic heterocycles. The lowest BCUT2D eigenvalue weighted by atomic mass is 10.0. The van der Waals surface area contributed by atoms with E-state index in [1.807, 2.05) is 12.3 Å². The van der Waals surface area contributed by atoms with Gasteiger partial charge in [0.25, 0.3) is 0 Å². The molecule has 1 saturated carbocycles. The Labute approximate surface area is 161 Å². The van der Waals surface area contributed by atoms with Crippen LogP contribution in [-0.2, 0) is 11.2 Å². The minimum Gasteiger partial charge on any atom is -0.369 e. The standard InChI is InChI=1S/C20H21N7O/c1-12-6-15-4-5-16(11-26(15)10-12)27-20-17(24-25-27)9-22-18(23-20)8-13-2-3-14(7-13)19(21)28/h4-6,9-11,13-14H,2-3,7-8H2,1H3,(H2,21,28)/t13-,14-/m1/s1. The molecule has 0 aliphatic heterocycles. The zero-order chi connectivity index (χ0) is 19.3. The van der Waals surface area contributed by atoms with Gasteiger partial charge in [0.15, 0.2) is 11.2 Å². The van der Waals surface area contributed by atoms with Crippen LogP contribution in [0.15, 0.2) is 36.8 Å². The molecular weight excluding hydrogens is 354 g/mol. The van der Waals surface area contributed by atoms with Crippen molar-refractivity contribution in [3.05, 3.63) is 48.2 Å². The maximum atomic E-state index is 11.4. The summed E-state index contributed by atoms with van der Waals surface area (Å²) in [6, 6.07) is 6.20. The summed E-state index contributed by atoms with van der Waals surface area (Å²) in [5.41, 5.74) is 10.0. The van der Waals surface area contributed by atoms with Crippen LogP contribution in [0, 0.1) is 18.8 Å². The Morgan fingerprint density at radius 3 is 3.00 bits per heavy atom. The Bertz CT molecular complexity index is 1190. The van der Waals surface area contributed by atoms with Gasteiger partial charge in [-0.2, -0.15) is 4.68 Å².